The summed E-state index contributed by atoms with van der Waals surface area (Å²) in [7, 11) is -2.25. The average molecular weight is 432 g/mol. The number of anilines is 3. The molecule has 1 aliphatic heterocycles. The number of carbonyl (C=O) groups is 2. The van der Waals surface area contributed by atoms with Gasteiger partial charge in [-0.25, -0.2) is 8.42 Å². The van der Waals surface area contributed by atoms with Crippen molar-refractivity contribution in [1.82, 2.24) is 0 Å². The van der Waals surface area contributed by atoms with Crippen LogP contribution in [0.5, 0.6) is 5.75 Å². The molecule has 0 saturated carbocycles. The molecule has 3 rings (SSSR count). The van der Waals surface area contributed by atoms with Gasteiger partial charge < -0.3 is 15.0 Å². The van der Waals surface area contributed by atoms with Gasteiger partial charge in [-0.1, -0.05) is 0 Å². The Hall–Kier alpha value is -3.07. The lowest BCUT2D eigenvalue weighted by Gasteiger charge is -2.24. The number of hydrogen-bond donors (Lipinski definition) is 2. The molecule has 2 aromatic carbocycles. The highest BCUT2D eigenvalue weighted by Gasteiger charge is 2.36. The number of benzene rings is 2. The Balaban J connectivity index is 1.91. The third kappa shape index (κ3) is 4.25. The van der Waals surface area contributed by atoms with Crippen LogP contribution in [0, 0.1) is 12.3 Å². The molecule has 9 heteroatoms. The molecule has 0 radical (unpaired) electrons. The van der Waals surface area contributed by atoms with Crippen LogP contribution in [0.3, 0.4) is 0 Å². The maximum absolute atomic E-state index is 12.9. The maximum Gasteiger partial charge on any atom is 0.262 e. The Kier molecular flexibility index (Phi) is 5.51. The van der Waals surface area contributed by atoms with Crippen molar-refractivity contribution in [2.24, 2.45) is 5.41 Å². The van der Waals surface area contributed by atoms with E-state index in [0.717, 1.165) is 0 Å². The van der Waals surface area contributed by atoms with Gasteiger partial charge in [-0.15, -0.1) is 0 Å². The van der Waals surface area contributed by atoms with E-state index in [1.165, 1.54) is 24.0 Å². The number of nitrogens with one attached hydrogen (secondary N) is 2. The lowest BCUT2D eigenvalue weighted by atomic mass is 9.93. The van der Waals surface area contributed by atoms with Crippen LogP contribution in [-0.4, -0.2) is 33.9 Å². The molecule has 0 bridgehead atoms. The number of fused-ring (bicyclic) bond motifs is 1. The van der Waals surface area contributed by atoms with Gasteiger partial charge in [0, 0.05) is 19.7 Å². The fourth-order valence-corrected chi connectivity index (χ4v) is 4.57. The molecular weight excluding hydrogens is 406 g/mol. The minimum absolute atomic E-state index is 0.0911. The zero-order chi connectivity index (χ0) is 22.3. The molecule has 2 N–H and O–H groups in total. The second-order valence-electron chi connectivity index (χ2n) is 7.99. The fourth-order valence-electron chi connectivity index (χ4n) is 3.29. The van der Waals surface area contributed by atoms with Crippen LogP contribution in [-0.2, 0) is 19.6 Å². The van der Waals surface area contributed by atoms with E-state index in [0.29, 0.717) is 28.4 Å². The molecule has 0 fully saturated rings. The second kappa shape index (κ2) is 7.64. The van der Waals surface area contributed by atoms with Crippen LogP contribution in [0.25, 0.3) is 0 Å². The first-order chi connectivity index (χ1) is 13.9. The highest BCUT2D eigenvalue weighted by Crippen LogP contribution is 2.37. The van der Waals surface area contributed by atoms with Crippen molar-refractivity contribution in [3.8, 4) is 5.75 Å². The number of ether oxygens (including phenoxy) is 1. The summed E-state index contributed by atoms with van der Waals surface area (Å²) in [5.41, 5.74) is 1.11. The van der Waals surface area contributed by atoms with E-state index >= 15 is 0 Å². The Morgan fingerprint density at radius 3 is 2.43 bits per heavy atom. The van der Waals surface area contributed by atoms with Crippen LogP contribution >= 0.6 is 0 Å². The molecule has 8 nitrogen and oxygen atoms in total. The summed E-state index contributed by atoms with van der Waals surface area (Å²) >= 11 is 0. The third-order valence-corrected chi connectivity index (χ3v) is 6.37. The molecular formula is C21H25N3O5S. The number of carbonyl (C=O) groups excluding carboxylic acids is 2. The zero-order valence-electron chi connectivity index (χ0n) is 17.6. The second-order valence-corrected chi connectivity index (χ2v) is 9.64. The lowest BCUT2D eigenvalue weighted by molar-refractivity contribution is -0.127. The van der Waals surface area contributed by atoms with Crippen LogP contribution in [0.4, 0.5) is 17.1 Å². The predicted molar refractivity (Wildman–Crippen MR) is 115 cm³/mol. The number of rotatable bonds is 4. The monoisotopic (exact) mass is 431 g/mol. The first-order valence-electron chi connectivity index (χ1n) is 9.37. The van der Waals surface area contributed by atoms with E-state index < -0.39 is 15.4 Å². The molecule has 1 aliphatic rings. The van der Waals surface area contributed by atoms with Crippen molar-refractivity contribution in [3.05, 3.63) is 42.0 Å². The van der Waals surface area contributed by atoms with Gasteiger partial charge >= 0.3 is 0 Å². The Morgan fingerprint density at radius 1 is 1.13 bits per heavy atom. The topological polar surface area (TPSA) is 105 Å². The number of hydrogen-bond acceptors (Lipinski definition) is 5. The third-order valence-electron chi connectivity index (χ3n) is 4.83. The fraction of sp³-hybridized carbons (Fsp3) is 0.333. The molecule has 0 atom stereocenters. The van der Waals surface area contributed by atoms with Crippen molar-refractivity contribution >= 4 is 38.9 Å². The Bertz CT molecular complexity index is 1130. The van der Waals surface area contributed by atoms with Crippen molar-refractivity contribution in [2.75, 3.05) is 28.6 Å². The van der Waals surface area contributed by atoms with E-state index in [-0.39, 0.29) is 23.3 Å². The molecule has 0 aromatic heterocycles. The summed E-state index contributed by atoms with van der Waals surface area (Å²) in [6, 6.07) is 9.37. The Labute approximate surface area is 176 Å². The van der Waals surface area contributed by atoms with Crippen LogP contribution < -0.4 is 19.7 Å². The zero-order valence-corrected chi connectivity index (χ0v) is 18.4. The summed E-state index contributed by atoms with van der Waals surface area (Å²) in [5, 5.41) is 2.62. The van der Waals surface area contributed by atoms with Gasteiger partial charge in [-0.05, 0) is 62.7 Å². The minimum atomic E-state index is -3.89. The van der Waals surface area contributed by atoms with E-state index in [1.54, 1.807) is 52.1 Å². The highest BCUT2D eigenvalue weighted by molar-refractivity contribution is 7.92. The van der Waals surface area contributed by atoms with Gasteiger partial charge in [-0.2, -0.15) is 0 Å². The molecule has 0 spiro atoms. The van der Waals surface area contributed by atoms with E-state index in [1.807, 2.05) is 0 Å². The average Bonchev–Trinajstić information content (AvgIpc) is 2.71. The molecule has 0 unspecified atom stereocenters. The van der Waals surface area contributed by atoms with Crippen molar-refractivity contribution in [3.63, 3.8) is 0 Å². The minimum Gasteiger partial charge on any atom is -0.490 e. The summed E-state index contributed by atoms with van der Waals surface area (Å²) in [5.74, 6) is 0.151. The molecule has 160 valence electrons. The van der Waals surface area contributed by atoms with E-state index in [4.69, 9.17) is 4.74 Å². The molecule has 30 heavy (non-hydrogen) atoms. The predicted octanol–water partition coefficient (Wildman–Crippen LogP) is 3.14. The quantitative estimate of drug-likeness (QED) is 0.774. The number of nitrogens with zero attached hydrogens (tertiary/aromatic N) is 1. The molecule has 0 saturated heterocycles. The van der Waals surface area contributed by atoms with Crippen LogP contribution in [0.15, 0.2) is 41.3 Å². The maximum atomic E-state index is 12.9. The number of sulfonamides is 1. The smallest absolute Gasteiger partial charge is 0.262 e. The SMILES string of the molecule is CC(=O)Nc1ccc(S(=O)(=O)Nc2ccc3c(c2)N(C)C(=O)C(C)(C)CO3)c(C)c1. The first-order valence-corrected chi connectivity index (χ1v) is 10.8. The van der Waals surface area contributed by atoms with E-state index in [2.05, 4.69) is 10.0 Å². The molecule has 2 aromatic rings. The summed E-state index contributed by atoms with van der Waals surface area (Å²) in [4.78, 5) is 25.4. The summed E-state index contributed by atoms with van der Waals surface area (Å²) in [6.07, 6.45) is 0. The molecule has 2 amide bonds. The Morgan fingerprint density at radius 2 is 1.80 bits per heavy atom. The normalized spacial score (nSPS) is 15.6. The lowest BCUT2D eigenvalue weighted by Crippen LogP contribution is -2.39. The largest absolute Gasteiger partial charge is 0.490 e. The molecule has 0 aliphatic carbocycles. The van der Waals surface area contributed by atoms with Crippen molar-refractivity contribution in [1.29, 1.82) is 0 Å². The summed E-state index contributed by atoms with van der Waals surface area (Å²) in [6.45, 7) is 6.86. The van der Waals surface area contributed by atoms with Gasteiger partial charge in [0.05, 0.1) is 21.7 Å². The van der Waals surface area contributed by atoms with Crippen molar-refractivity contribution in [2.45, 2.75) is 32.6 Å². The van der Waals surface area contributed by atoms with Gasteiger partial charge in [0.2, 0.25) is 11.8 Å². The van der Waals surface area contributed by atoms with E-state index in [9.17, 15) is 18.0 Å². The van der Waals surface area contributed by atoms with Gasteiger partial charge in [0.1, 0.15) is 12.4 Å². The molecule has 1 heterocycles. The number of amides is 2. The van der Waals surface area contributed by atoms with Gasteiger partial charge in [0.25, 0.3) is 10.0 Å². The highest BCUT2D eigenvalue weighted by atomic mass is 32.2. The first kappa shape index (κ1) is 21.6. The van der Waals surface area contributed by atoms with Gasteiger partial charge in [0.15, 0.2) is 0 Å². The standard InChI is InChI=1S/C21H25N3O5S/c1-13-10-15(22-14(2)25)7-9-19(13)30(27,28)23-16-6-8-18-17(11-16)24(5)20(26)21(3,4)12-29-18/h6-11,23H,12H2,1-5H3,(H,22,25). The number of aryl methyl sites for hydroxylation is 1. The van der Waals surface area contributed by atoms with Crippen LogP contribution in [0.1, 0.15) is 26.3 Å². The van der Waals surface area contributed by atoms with Crippen LogP contribution in [0.2, 0.25) is 0 Å². The van der Waals surface area contributed by atoms with Gasteiger partial charge in [-0.3, -0.25) is 14.3 Å². The summed E-state index contributed by atoms with van der Waals surface area (Å²) < 4.78 is 34.2. The van der Waals surface area contributed by atoms with Crippen molar-refractivity contribution < 1.29 is 22.7 Å².